The van der Waals surface area contributed by atoms with E-state index in [1.165, 1.54) is 6.07 Å². The fourth-order valence-electron chi connectivity index (χ4n) is 2.15. The van der Waals surface area contributed by atoms with Gasteiger partial charge in [-0.15, -0.1) is 0 Å². The molecular formula is C17H18ClN3O2. The first-order valence-electron chi connectivity index (χ1n) is 7.16. The molecule has 2 aromatic carbocycles. The lowest BCUT2D eigenvalue weighted by atomic mass is 10.0. The molecule has 0 saturated carbocycles. The van der Waals surface area contributed by atoms with Gasteiger partial charge < -0.3 is 16.8 Å². The van der Waals surface area contributed by atoms with Crippen LogP contribution in [0.25, 0.3) is 0 Å². The summed E-state index contributed by atoms with van der Waals surface area (Å²) >= 11 is 5.90. The van der Waals surface area contributed by atoms with Crippen LogP contribution in [0, 0.1) is 0 Å². The average Bonchev–Trinajstić information content (AvgIpc) is 2.54. The SMILES string of the molecule is NC(=O)[C@H](CCc1ccccc1)NC(=O)c1ccc(N)c(Cl)c1. The van der Waals surface area contributed by atoms with Crippen molar-refractivity contribution in [2.45, 2.75) is 18.9 Å². The van der Waals surface area contributed by atoms with Gasteiger partial charge >= 0.3 is 0 Å². The molecule has 5 nitrogen and oxygen atoms in total. The first kappa shape index (κ1) is 16.8. The van der Waals surface area contributed by atoms with Crippen molar-refractivity contribution in [1.82, 2.24) is 5.32 Å². The van der Waals surface area contributed by atoms with Gasteiger partial charge in [-0.3, -0.25) is 9.59 Å². The Morgan fingerprint density at radius 2 is 1.83 bits per heavy atom. The van der Waals surface area contributed by atoms with Gasteiger partial charge in [0.25, 0.3) is 5.91 Å². The lowest BCUT2D eigenvalue weighted by molar-refractivity contribution is -0.120. The van der Waals surface area contributed by atoms with Crippen molar-refractivity contribution in [2.24, 2.45) is 5.73 Å². The van der Waals surface area contributed by atoms with E-state index in [-0.39, 0.29) is 5.02 Å². The molecule has 0 heterocycles. The molecule has 0 radical (unpaired) electrons. The van der Waals surface area contributed by atoms with Crippen LogP contribution in [0.3, 0.4) is 0 Å². The largest absolute Gasteiger partial charge is 0.398 e. The van der Waals surface area contributed by atoms with Gasteiger partial charge in [0.1, 0.15) is 6.04 Å². The second-order valence-corrected chi connectivity index (χ2v) is 5.60. The molecular weight excluding hydrogens is 314 g/mol. The van der Waals surface area contributed by atoms with Crippen LogP contribution in [-0.4, -0.2) is 17.9 Å². The molecule has 23 heavy (non-hydrogen) atoms. The third kappa shape index (κ3) is 4.72. The zero-order valence-corrected chi connectivity index (χ0v) is 13.2. The summed E-state index contributed by atoms with van der Waals surface area (Å²) in [6.45, 7) is 0. The van der Waals surface area contributed by atoms with E-state index in [1.807, 2.05) is 30.3 Å². The van der Waals surface area contributed by atoms with E-state index in [1.54, 1.807) is 12.1 Å². The molecule has 2 rings (SSSR count). The highest BCUT2D eigenvalue weighted by molar-refractivity contribution is 6.33. The molecule has 0 spiro atoms. The zero-order valence-electron chi connectivity index (χ0n) is 12.5. The second kappa shape index (κ2) is 7.65. The monoisotopic (exact) mass is 331 g/mol. The van der Waals surface area contributed by atoms with Crippen LogP contribution in [-0.2, 0) is 11.2 Å². The Kier molecular flexibility index (Phi) is 5.60. The standard InChI is InChI=1S/C17H18ClN3O2/c18-13-10-12(7-8-14(13)19)17(23)21-15(16(20)22)9-6-11-4-2-1-3-5-11/h1-5,7-8,10,15H,6,9,19H2,(H2,20,22)(H,21,23)/t15-/m0/s1. The number of nitrogen functional groups attached to an aromatic ring is 1. The number of primary amides is 1. The summed E-state index contributed by atoms with van der Waals surface area (Å²) in [5.74, 6) is -0.986. The highest BCUT2D eigenvalue weighted by Crippen LogP contribution is 2.19. The van der Waals surface area contributed by atoms with E-state index < -0.39 is 17.9 Å². The van der Waals surface area contributed by atoms with E-state index in [2.05, 4.69) is 5.32 Å². The quantitative estimate of drug-likeness (QED) is 0.707. The van der Waals surface area contributed by atoms with Crippen LogP contribution in [0.1, 0.15) is 22.3 Å². The first-order chi connectivity index (χ1) is 11.0. The van der Waals surface area contributed by atoms with Crippen LogP contribution in [0.5, 0.6) is 0 Å². The summed E-state index contributed by atoms with van der Waals surface area (Å²) in [5, 5.41) is 2.93. The molecule has 120 valence electrons. The number of carbonyl (C=O) groups excluding carboxylic acids is 2. The summed E-state index contributed by atoms with van der Waals surface area (Å²) in [5.41, 5.74) is 12.8. The van der Waals surface area contributed by atoms with Gasteiger partial charge in [0.2, 0.25) is 5.91 Å². The molecule has 6 heteroatoms. The predicted molar refractivity (Wildman–Crippen MR) is 91.1 cm³/mol. The van der Waals surface area contributed by atoms with Crippen LogP contribution in [0.4, 0.5) is 5.69 Å². The van der Waals surface area contributed by atoms with Gasteiger partial charge in [-0.25, -0.2) is 0 Å². The molecule has 0 aromatic heterocycles. The molecule has 2 amide bonds. The van der Waals surface area contributed by atoms with E-state index >= 15 is 0 Å². The first-order valence-corrected chi connectivity index (χ1v) is 7.54. The molecule has 0 saturated heterocycles. The number of benzene rings is 2. The molecule has 0 aliphatic carbocycles. The third-order valence-electron chi connectivity index (χ3n) is 3.48. The number of hydrogen-bond donors (Lipinski definition) is 3. The number of anilines is 1. The Morgan fingerprint density at radius 3 is 2.43 bits per heavy atom. The minimum absolute atomic E-state index is 0.289. The fourth-order valence-corrected chi connectivity index (χ4v) is 2.33. The molecule has 0 unspecified atom stereocenters. The van der Waals surface area contributed by atoms with Crippen molar-refractivity contribution < 1.29 is 9.59 Å². The van der Waals surface area contributed by atoms with Gasteiger partial charge in [-0.1, -0.05) is 41.9 Å². The number of halogens is 1. The van der Waals surface area contributed by atoms with Gasteiger partial charge in [0, 0.05) is 5.56 Å². The number of nitrogens with one attached hydrogen (secondary N) is 1. The number of hydrogen-bond acceptors (Lipinski definition) is 3. The summed E-state index contributed by atoms with van der Waals surface area (Å²) in [6.07, 6.45) is 1.06. The van der Waals surface area contributed by atoms with E-state index in [0.29, 0.717) is 24.1 Å². The van der Waals surface area contributed by atoms with E-state index in [0.717, 1.165) is 5.56 Å². The minimum atomic E-state index is -0.751. The van der Waals surface area contributed by atoms with E-state index in [9.17, 15) is 9.59 Å². The zero-order chi connectivity index (χ0) is 16.8. The van der Waals surface area contributed by atoms with Crippen LogP contribution in [0.15, 0.2) is 48.5 Å². The second-order valence-electron chi connectivity index (χ2n) is 5.19. The average molecular weight is 332 g/mol. The Bertz CT molecular complexity index is 704. The number of nitrogens with two attached hydrogens (primary N) is 2. The summed E-state index contributed by atoms with van der Waals surface area (Å²) in [7, 11) is 0. The molecule has 2 aromatic rings. The molecule has 0 aliphatic rings. The normalized spacial score (nSPS) is 11.7. The van der Waals surface area contributed by atoms with Crippen molar-refractivity contribution in [3.05, 3.63) is 64.7 Å². The Hall–Kier alpha value is -2.53. The van der Waals surface area contributed by atoms with Crippen molar-refractivity contribution in [3.63, 3.8) is 0 Å². The van der Waals surface area contributed by atoms with E-state index in [4.69, 9.17) is 23.1 Å². The Balaban J connectivity index is 2.02. The summed E-state index contributed by atoms with van der Waals surface area (Å²) < 4.78 is 0. The smallest absolute Gasteiger partial charge is 0.251 e. The summed E-state index contributed by atoms with van der Waals surface area (Å²) in [4.78, 5) is 23.8. The third-order valence-corrected chi connectivity index (χ3v) is 3.80. The highest BCUT2D eigenvalue weighted by atomic mass is 35.5. The Labute approximate surface area is 139 Å². The molecule has 0 bridgehead atoms. The van der Waals surface area contributed by atoms with Gasteiger partial charge in [-0.2, -0.15) is 0 Å². The van der Waals surface area contributed by atoms with Crippen molar-refractivity contribution in [2.75, 3.05) is 5.73 Å². The maximum absolute atomic E-state index is 12.2. The minimum Gasteiger partial charge on any atom is -0.398 e. The molecule has 0 fully saturated rings. The maximum atomic E-state index is 12.2. The topological polar surface area (TPSA) is 98.2 Å². The number of aryl methyl sites for hydroxylation is 1. The van der Waals surface area contributed by atoms with Crippen molar-refractivity contribution in [3.8, 4) is 0 Å². The van der Waals surface area contributed by atoms with Gasteiger partial charge in [0.05, 0.1) is 10.7 Å². The molecule has 5 N–H and O–H groups in total. The number of amides is 2. The number of carbonyl (C=O) groups is 2. The Morgan fingerprint density at radius 1 is 1.13 bits per heavy atom. The van der Waals surface area contributed by atoms with Gasteiger partial charge in [0.15, 0.2) is 0 Å². The van der Waals surface area contributed by atoms with Crippen LogP contribution in [0.2, 0.25) is 5.02 Å². The predicted octanol–water partition coefficient (Wildman–Crippen LogP) is 2.14. The number of rotatable bonds is 6. The molecule has 0 aliphatic heterocycles. The summed E-state index contributed by atoms with van der Waals surface area (Å²) in [6, 6.07) is 13.5. The molecule has 1 atom stereocenters. The fraction of sp³-hybridized carbons (Fsp3) is 0.176. The highest BCUT2D eigenvalue weighted by Gasteiger charge is 2.19. The lowest BCUT2D eigenvalue weighted by Gasteiger charge is -2.16. The lowest BCUT2D eigenvalue weighted by Crippen LogP contribution is -2.44. The van der Waals surface area contributed by atoms with Gasteiger partial charge in [-0.05, 0) is 36.6 Å². The van der Waals surface area contributed by atoms with Crippen LogP contribution >= 0.6 is 11.6 Å². The van der Waals surface area contributed by atoms with Crippen molar-refractivity contribution >= 4 is 29.1 Å². The van der Waals surface area contributed by atoms with Crippen LogP contribution < -0.4 is 16.8 Å². The maximum Gasteiger partial charge on any atom is 0.251 e. The van der Waals surface area contributed by atoms with Crippen molar-refractivity contribution in [1.29, 1.82) is 0 Å².